The number of hydrogen-bond donors (Lipinski definition) is 0. The molecule has 0 amide bonds. The van der Waals surface area contributed by atoms with Gasteiger partial charge in [-0.15, -0.1) is 0 Å². The second kappa shape index (κ2) is 66.2. The zero-order valence-corrected chi connectivity index (χ0v) is 15.4. The Hall–Kier alpha value is 1.93. The molecule has 13 heavy (non-hydrogen) atoms. The van der Waals surface area contributed by atoms with Crippen LogP contribution in [0.25, 0.3) is 0 Å². The predicted molar refractivity (Wildman–Crippen MR) is 84.1 cm³/mol. The third kappa shape index (κ3) is 533. The van der Waals surface area contributed by atoms with Gasteiger partial charge in [-0.1, -0.05) is 0 Å². The molecule has 0 rings (SSSR count). The summed E-state index contributed by atoms with van der Waals surface area (Å²) in [6.07, 6.45) is 0. The van der Waals surface area contributed by atoms with E-state index in [1.54, 1.807) is 0 Å². The van der Waals surface area contributed by atoms with Crippen LogP contribution in [-0.2, 0) is 71.6 Å². The number of thiocarbonyl (C=S) groups is 4. The van der Waals surface area contributed by atoms with Crippen LogP contribution in [0.1, 0.15) is 0 Å². The normalized spacial score (nSPS) is 3.69. The van der Waals surface area contributed by atoms with E-state index in [1.807, 2.05) is 0 Å². The van der Waals surface area contributed by atoms with Crippen LogP contribution in [-0.4, -0.2) is 18.8 Å². The van der Waals surface area contributed by atoms with E-state index in [9.17, 15) is 0 Å². The maximum absolute atomic E-state index is 4.08. The molecule has 0 unspecified atom stereocenters. The maximum Gasteiger partial charge on any atom is 4.00 e. The van der Waals surface area contributed by atoms with Gasteiger partial charge in [0.2, 0.25) is 0 Å². The van der Waals surface area contributed by atoms with Crippen molar-refractivity contribution < 1.29 is 21.1 Å². The fraction of sp³-hybridized carbons (Fsp3) is 0. The van der Waals surface area contributed by atoms with Crippen molar-refractivity contribution in [1.82, 2.24) is 0 Å². The Morgan fingerprint density at radius 1 is 0.538 bits per heavy atom. The third-order valence-electron chi connectivity index (χ3n) is 0. The second-order valence-electron chi connectivity index (χ2n) is 0.385. The van der Waals surface area contributed by atoms with Crippen molar-refractivity contribution in [3.8, 4) is 0 Å². The molecular formula is C4H4S8W. The van der Waals surface area contributed by atoms with E-state index in [1.165, 1.54) is 18.8 Å². The molecule has 0 aromatic heterocycles. The summed E-state index contributed by atoms with van der Waals surface area (Å²) in [6, 6.07) is 0. The van der Waals surface area contributed by atoms with E-state index in [4.69, 9.17) is 0 Å². The van der Waals surface area contributed by atoms with Crippen LogP contribution in [0, 0.1) is 0 Å². The average Bonchev–Trinajstić information content (AvgIpc) is 1.92. The molecule has 0 aliphatic rings. The third-order valence-corrected chi connectivity index (χ3v) is 0. The molecule has 0 bridgehead atoms. The van der Waals surface area contributed by atoms with Crippen molar-refractivity contribution in [1.29, 1.82) is 0 Å². The van der Waals surface area contributed by atoms with Crippen LogP contribution in [0.5, 0.6) is 0 Å². The monoisotopic (exact) mass is 492 g/mol. The summed E-state index contributed by atoms with van der Waals surface area (Å²) in [5.41, 5.74) is 0. The molecule has 9 heteroatoms. The number of rotatable bonds is 0. The van der Waals surface area contributed by atoms with Crippen LogP contribution < -0.4 is 0 Å². The van der Waals surface area contributed by atoms with Crippen LogP contribution in [0.15, 0.2) is 0 Å². The van der Waals surface area contributed by atoms with Crippen molar-refractivity contribution in [2.24, 2.45) is 0 Å². The zero-order valence-electron chi connectivity index (χ0n) is 5.98. The van der Waals surface area contributed by atoms with Crippen molar-refractivity contribution in [2.75, 3.05) is 0 Å². The smallest absolute Gasteiger partial charge is 0.436 e. The molecule has 0 aliphatic heterocycles. The van der Waals surface area contributed by atoms with Crippen LogP contribution in [0.4, 0.5) is 0 Å². The molecule has 74 valence electrons. The van der Waals surface area contributed by atoms with Gasteiger partial charge in [0.05, 0.1) is 0 Å². The molecule has 0 spiro atoms. The standard InChI is InChI=1S/4CH2S2.W/c4*2-1-3;/h4*1H,(H,2,3);/q;;;;+4/p-4. The topological polar surface area (TPSA) is 0 Å². The minimum atomic E-state index is 0. The Morgan fingerprint density at radius 3 is 0.538 bits per heavy atom. The van der Waals surface area contributed by atoms with E-state index < -0.39 is 0 Å². The van der Waals surface area contributed by atoms with E-state index in [2.05, 4.69) is 99.4 Å². The van der Waals surface area contributed by atoms with E-state index >= 15 is 0 Å². The van der Waals surface area contributed by atoms with Gasteiger partial charge in [0.25, 0.3) is 0 Å². The largest absolute Gasteiger partial charge is 4.00 e. The quantitative estimate of drug-likeness (QED) is 0.367. The van der Waals surface area contributed by atoms with Gasteiger partial charge in [0.15, 0.2) is 0 Å². The summed E-state index contributed by atoms with van der Waals surface area (Å²) in [6.45, 7) is 0. The van der Waals surface area contributed by atoms with Gasteiger partial charge >= 0.3 is 21.1 Å². The van der Waals surface area contributed by atoms with Crippen LogP contribution >= 0.6 is 48.9 Å². The summed E-state index contributed by atoms with van der Waals surface area (Å²) in [5, 5.41) is 0. The van der Waals surface area contributed by atoms with Gasteiger partial charge in [-0.3, -0.25) is 0 Å². The summed E-state index contributed by atoms with van der Waals surface area (Å²) in [4.78, 5) is 0. The Balaban J connectivity index is -0.0000000213. The predicted octanol–water partition coefficient (Wildman–Crippen LogP) is 1.96. The van der Waals surface area contributed by atoms with Crippen molar-refractivity contribution >= 4 is 118 Å². The van der Waals surface area contributed by atoms with Gasteiger partial charge < -0.3 is 99.4 Å². The molecule has 0 heterocycles. The van der Waals surface area contributed by atoms with Crippen LogP contribution in [0.3, 0.4) is 0 Å². The first-order valence-corrected chi connectivity index (χ1v) is 5.66. The molecule has 0 atom stereocenters. The molecule has 0 saturated heterocycles. The van der Waals surface area contributed by atoms with Crippen LogP contribution in [0.2, 0.25) is 0 Å². The Labute approximate surface area is 137 Å². The van der Waals surface area contributed by atoms with Gasteiger partial charge in [0, 0.05) is 0 Å². The van der Waals surface area contributed by atoms with Gasteiger partial charge in [-0.2, -0.15) is 18.8 Å². The fourth-order valence-corrected chi connectivity index (χ4v) is 0. The SMILES string of the molecule is S=C[S-].S=C[S-].S=C[S-].S=C[S-].[W+4]. The summed E-state index contributed by atoms with van der Waals surface area (Å²) in [5.74, 6) is 0. The minimum absolute atomic E-state index is 0. The van der Waals surface area contributed by atoms with Gasteiger partial charge in [-0.25, -0.2) is 0 Å². The first kappa shape index (κ1) is 29.4. The number of hydrogen-bond acceptors (Lipinski definition) is 8. The van der Waals surface area contributed by atoms with Gasteiger partial charge in [-0.05, 0) is 0 Å². The summed E-state index contributed by atoms with van der Waals surface area (Å²) < 4.78 is 4.67. The first-order valence-electron chi connectivity index (χ1n) is 1.89. The van der Waals surface area contributed by atoms with E-state index in [-0.39, 0.29) is 21.1 Å². The Kier molecular flexibility index (Phi) is 150. The van der Waals surface area contributed by atoms with Crippen molar-refractivity contribution in [2.45, 2.75) is 0 Å². The molecular weight excluding hydrogens is 488 g/mol. The van der Waals surface area contributed by atoms with E-state index in [0.29, 0.717) is 0 Å². The molecule has 0 fully saturated rings. The molecule has 0 N–H and O–H groups in total. The summed E-state index contributed by atoms with van der Waals surface area (Å²) in [7, 11) is 0. The van der Waals surface area contributed by atoms with Gasteiger partial charge in [0.1, 0.15) is 0 Å². The fourth-order valence-electron chi connectivity index (χ4n) is 0. The van der Waals surface area contributed by atoms with Crippen molar-refractivity contribution in [3.63, 3.8) is 0 Å². The second-order valence-corrected chi connectivity index (χ2v) is 3.46. The molecule has 0 saturated carbocycles. The minimum Gasteiger partial charge on any atom is -0.436 e. The maximum atomic E-state index is 4.08. The first-order chi connectivity index (χ1) is 5.66. The Bertz CT molecular complexity index is 70.1. The van der Waals surface area contributed by atoms with Crippen molar-refractivity contribution in [3.05, 3.63) is 0 Å². The molecule has 0 aromatic carbocycles. The average molecular weight is 492 g/mol. The molecule has 0 nitrogen and oxygen atoms in total. The summed E-state index contributed by atoms with van der Waals surface area (Å²) >= 11 is 32.7. The molecule has 0 aliphatic carbocycles. The zero-order chi connectivity index (χ0) is 10.8. The van der Waals surface area contributed by atoms with E-state index in [0.717, 1.165) is 0 Å². The Morgan fingerprint density at radius 2 is 0.538 bits per heavy atom. The molecule has 0 aromatic rings. The molecule has 0 radical (unpaired) electrons.